The van der Waals surface area contributed by atoms with Gasteiger partial charge >= 0.3 is 0 Å². The fraction of sp³-hybridized carbons (Fsp3) is 0. The van der Waals surface area contributed by atoms with Crippen LogP contribution < -0.4 is 4.90 Å². The number of rotatable bonds is 7. The summed E-state index contributed by atoms with van der Waals surface area (Å²) >= 11 is 0. The second kappa shape index (κ2) is 15.7. The molecule has 14 rings (SSSR count). The van der Waals surface area contributed by atoms with Gasteiger partial charge in [0.2, 0.25) is 0 Å². The number of benzene rings is 12. The molecule has 0 amide bonds. The number of hydrogen-bond acceptors (Lipinski definition) is 2. The Morgan fingerprint density at radius 3 is 1.64 bits per heavy atom. The second-order valence-electron chi connectivity index (χ2n) is 18.1. The van der Waals surface area contributed by atoms with Crippen LogP contribution in [0.4, 0.5) is 17.1 Å². The number of para-hydroxylation sites is 2. The van der Waals surface area contributed by atoms with Crippen LogP contribution in [0, 0.1) is 0 Å². The molecule has 12 aromatic carbocycles. The van der Waals surface area contributed by atoms with E-state index >= 15 is 0 Å². The van der Waals surface area contributed by atoms with Crippen molar-refractivity contribution < 1.29 is 4.42 Å². The number of aromatic nitrogens is 1. The monoisotopic (exact) mass is 878 g/mol. The van der Waals surface area contributed by atoms with Crippen molar-refractivity contribution in [1.29, 1.82) is 0 Å². The first-order valence-electron chi connectivity index (χ1n) is 23.6. The van der Waals surface area contributed by atoms with Gasteiger partial charge in [0.25, 0.3) is 0 Å². The smallest absolute Gasteiger partial charge is 0.143 e. The predicted octanol–water partition coefficient (Wildman–Crippen LogP) is 18.6. The Morgan fingerprint density at radius 1 is 0.275 bits per heavy atom. The summed E-state index contributed by atoms with van der Waals surface area (Å²) in [6.07, 6.45) is 0. The first-order valence-corrected chi connectivity index (χ1v) is 23.6. The van der Waals surface area contributed by atoms with Crippen molar-refractivity contribution in [2.45, 2.75) is 0 Å². The Hall–Kier alpha value is -9.18. The molecule has 0 fully saturated rings. The summed E-state index contributed by atoms with van der Waals surface area (Å²) in [5, 5.41) is 11.9. The van der Waals surface area contributed by atoms with Crippen LogP contribution in [0.1, 0.15) is 0 Å². The average molecular weight is 879 g/mol. The van der Waals surface area contributed by atoms with Gasteiger partial charge in [-0.2, -0.15) is 0 Å². The molecule has 0 atom stereocenters. The van der Waals surface area contributed by atoms with Crippen LogP contribution in [0.25, 0.3) is 115 Å². The Kier molecular flexibility index (Phi) is 8.90. The van der Waals surface area contributed by atoms with Gasteiger partial charge in [0.05, 0.1) is 16.7 Å². The number of nitrogens with zero attached hydrogens (tertiary/aromatic N) is 2. The van der Waals surface area contributed by atoms with E-state index in [1.54, 1.807) is 0 Å². The summed E-state index contributed by atoms with van der Waals surface area (Å²) in [6.45, 7) is 0. The van der Waals surface area contributed by atoms with Crippen LogP contribution in [0.3, 0.4) is 0 Å². The first kappa shape index (κ1) is 39.0. The molecule has 0 saturated carbocycles. The van der Waals surface area contributed by atoms with E-state index in [1.807, 2.05) is 12.1 Å². The third-order valence-electron chi connectivity index (χ3n) is 14.1. The SMILES string of the molecule is c1ccc(-c2ccc(-c3ccc(N(c4cccc(-c5ccc6c(c5)c5ccccc5n6-c5cc6ccccc6c6ccccc56)c4)c4ccc5c(ccc6c7ccccc7oc56)c4)cc3)cc2)cc1. The molecule has 0 N–H and O–H groups in total. The summed E-state index contributed by atoms with van der Waals surface area (Å²) in [5.41, 5.74) is 15.7. The number of anilines is 3. The molecule has 14 aromatic rings. The molecule has 0 bridgehead atoms. The highest BCUT2D eigenvalue weighted by molar-refractivity contribution is 6.17. The summed E-state index contributed by atoms with van der Waals surface area (Å²) in [6, 6.07) is 92.6. The van der Waals surface area contributed by atoms with Gasteiger partial charge < -0.3 is 13.9 Å². The molecular formula is C66H42N2O. The lowest BCUT2D eigenvalue weighted by Gasteiger charge is -2.26. The van der Waals surface area contributed by atoms with E-state index in [4.69, 9.17) is 4.42 Å². The highest BCUT2D eigenvalue weighted by Crippen LogP contribution is 2.43. The van der Waals surface area contributed by atoms with Crippen molar-refractivity contribution in [2.24, 2.45) is 0 Å². The van der Waals surface area contributed by atoms with E-state index in [1.165, 1.54) is 71.3 Å². The van der Waals surface area contributed by atoms with Gasteiger partial charge in [-0.15, -0.1) is 0 Å². The van der Waals surface area contributed by atoms with Crippen LogP contribution in [-0.2, 0) is 0 Å². The molecule has 3 nitrogen and oxygen atoms in total. The molecule has 3 heteroatoms. The van der Waals surface area contributed by atoms with E-state index in [0.29, 0.717) is 0 Å². The summed E-state index contributed by atoms with van der Waals surface area (Å²) < 4.78 is 8.95. The summed E-state index contributed by atoms with van der Waals surface area (Å²) in [4.78, 5) is 2.38. The molecule has 0 saturated heterocycles. The maximum atomic E-state index is 6.49. The Labute approximate surface area is 399 Å². The Bertz CT molecular complexity index is 4290. The molecule has 0 aliphatic heterocycles. The largest absolute Gasteiger partial charge is 0.455 e. The van der Waals surface area contributed by atoms with E-state index in [9.17, 15) is 0 Å². The van der Waals surface area contributed by atoms with E-state index in [-0.39, 0.29) is 0 Å². The number of fused-ring (bicyclic) bond motifs is 11. The summed E-state index contributed by atoms with van der Waals surface area (Å²) in [7, 11) is 0. The molecule has 2 aromatic heterocycles. The molecule has 322 valence electrons. The lowest BCUT2D eigenvalue weighted by atomic mass is 9.99. The topological polar surface area (TPSA) is 21.3 Å². The molecule has 0 spiro atoms. The molecular weight excluding hydrogens is 837 g/mol. The van der Waals surface area contributed by atoms with Gasteiger partial charge in [-0.05, 0) is 134 Å². The Morgan fingerprint density at radius 2 is 0.826 bits per heavy atom. The lowest BCUT2D eigenvalue weighted by Crippen LogP contribution is -2.10. The summed E-state index contributed by atoms with van der Waals surface area (Å²) in [5.74, 6) is 0. The van der Waals surface area contributed by atoms with Crippen molar-refractivity contribution >= 4 is 93.1 Å². The maximum absolute atomic E-state index is 6.49. The minimum absolute atomic E-state index is 0.905. The van der Waals surface area contributed by atoms with E-state index in [0.717, 1.165) is 60.9 Å². The Balaban J connectivity index is 0.895. The van der Waals surface area contributed by atoms with Crippen LogP contribution >= 0.6 is 0 Å². The van der Waals surface area contributed by atoms with Gasteiger partial charge in [-0.1, -0.05) is 176 Å². The highest BCUT2D eigenvalue weighted by Gasteiger charge is 2.19. The molecule has 0 aliphatic carbocycles. The molecule has 69 heavy (non-hydrogen) atoms. The van der Waals surface area contributed by atoms with Crippen LogP contribution in [-0.4, -0.2) is 4.57 Å². The lowest BCUT2D eigenvalue weighted by molar-refractivity contribution is 0.672. The normalized spacial score (nSPS) is 11.8. The third kappa shape index (κ3) is 6.43. The standard InChI is InChI=1S/C66H42N2O/c1-2-13-43(14-3-1)44-25-27-45(28-26-44)46-29-33-51(34-30-46)67(53-35-37-55-50(40-53)31-36-60-59-22-9-11-24-65(59)69-66(55)60)52-17-12-16-47(39-52)48-32-38-63-61(41-48)58-21-8-10-23-62(58)68(63)64-42-49-15-4-5-18-54(49)56-19-6-7-20-57(56)64/h1-42H. The van der Waals surface area contributed by atoms with Gasteiger partial charge in [-0.3, -0.25) is 0 Å². The molecule has 0 radical (unpaired) electrons. The minimum Gasteiger partial charge on any atom is -0.455 e. The van der Waals surface area contributed by atoms with E-state index < -0.39 is 0 Å². The van der Waals surface area contributed by atoms with Crippen LogP contribution in [0.2, 0.25) is 0 Å². The molecule has 2 heterocycles. The van der Waals surface area contributed by atoms with Crippen molar-refractivity contribution in [3.05, 3.63) is 255 Å². The fourth-order valence-electron chi connectivity index (χ4n) is 10.8. The number of furan rings is 1. The van der Waals surface area contributed by atoms with Crippen molar-refractivity contribution in [3.63, 3.8) is 0 Å². The predicted molar refractivity (Wildman–Crippen MR) is 292 cm³/mol. The van der Waals surface area contributed by atoms with Crippen molar-refractivity contribution in [2.75, 3.05) is 4.90 Å². The maximum Gasteiger partial charge on any atom is 0.143 e. The van der Waals surface area contributed by atoms with Crippen molar-refractivity contribution in [1.82, 2.24) is 4.57 Å². The fourth-order valence-corrected chi connectivity index (χ4v) is 10.8. The zero-order chi connectivity index (χ0) is 45.4. The van der Waals surface area contributed by atoms with Crippen LogP contribution in [0.5, 0.6) is 0 Å². The minimum atomic E-state index is 0.905. The third-order valence-corrected chi connectivity index (χ3v) is 14.1. The molecule has 0 unspecified atom stereocenters. The quantitative estimate of drug-likeness (QED) is 0.149. The zero-order valence-corrected chi connectivity index (χ0v) is 37.6. The average Bonchev–Trinajstić information content (AvgIpc) is 3.97. The van der Waals surface area contributed by atoms with Gasteiger partial charge in [-0.25, -0.2) is 0 Å². The van der Waals surface area contributed by atoms with Crippen LogP contribution in [0.15, 0.2) is 259 Å². The number of hydrogen-bond donors (Lipinski definition) is 0. The zero-order valence-electron chi connectivity index (χ0n) is 37.6. The van der Waals surface area contributed by atoms with Gasteiger partial charge in [0, 0.05) is 49.4 Å². The highest BCUT2D eigenvalue weighted by atomic mass is 16.3. The second-order valence-corrected chi connectivity index (χ2v) is 18.1. The van der Waals surface area contributed by atoms with Gasteiger partial charge in [0.15, 0.2) is 0 Å². The van der Waals surface area contributed by atoms with E-state index in [2.05, 4.69) is 252 Å². The van der Waals surface area contributed by atoms with Gasteiger partial charge in [0.1, 0.15) is 11.2 Å². The molecule has 0 aliphatic rings. The first-order chi connectivity index (χ1) is 34.2. The van der Waals surface area contributed by atoms with Crippen molar-refractivity contribution in [3.8, 4) is 39.1 Å².